The summed E-state index contributed by atoms with van der Waals surface area (Å²) in [5.74, 6) is -1.03. The van der Waals surface area contributed by atoms with Gasteiger partial charge in [-0.25, -0.2) is 9.78 Å². The van der Waals surface area contributed by atoms with E-state index in [4.69, 9.17) is 16.7 Å². The van der Waals surface area contributed by atoms with Crippen molar-refractivity contribution >= 4 is 40.7 Å². The summed E-state index contributed by atoms with van der Waals surface area (Å²) in [5, 5.41) is 14.7. The molecular formula is C14H12ClN3O3. The van der Waals surface area contributed by atoms with Crippen molar-refractivity contribution in [3.8, 4) is 0 Å². The molecule has 0 aliphatic carbocycles. The first kappa shape index (κ1) is 14.8. The van der Waals surface area contributed by atoms with Crippen LogP contribution in [0.4, 0.5) is 17.2 Å². The Balaban J connectivity index is 2.24. The average molecular weight is 306 g/mol. The minimum absolute atomic E-state index is 0.0695. The third-order valence-electron chi connectivity index (χ3n) is 2.50. The maximum absolute atomic E-state index is 11.0. The van der Waals surface area contributed by atoms with Crippen molar-refractivity contribution < 1.29 is 14.7 Å². The van der Waals surface area contributed by atoms with Crippen LogP contribution in [0.2, 0.25) is 5.02 Å². The number of nitrogens with zero attached hydrogens (tertiary/aromatic N) is 1. The third-order valence-corrected chi connectivity index (χ3v) is 2.81. The fourth-order valence-electron chi connectivity index (χ4n) is 1.69. The number of carboxylic acid groups (broad SMARTS) is 1. The maximum Gasteiger partial charge on any atom is 0.356 e. The van der Waals surface area contributed by atoms with Crippen LogP contribution in [-0.2, 0) is 4.79 Å². The number of hydrogen-bond acceptors (Lipinski definition) is 4. The molecule has 0 aliphatic heterocycles. The van der Waals surface area contributed by atoms with Gasteiger partial charge in [0.1, 0.15) is 5.82 Å². The second-order valence-electron chi connectivity index (χ2n) is 4.22. The van der Waals surface area contributed by atoms with Gasteiger partial charge in [0, 0.05) is 18.3 Å². The molecule has 0 fully saturated rings. The quantitative estimate of drug-likeness (QED) is 0.807. The predicted octanol–water partition coefficient (Wildman–Crippen LogP) is 3.14. The van der Waals surface area contributed by atoms with Crippen LogP contribution in [0.1, 0.15) is 17.4 Å². The van der Waals surface area contributed by atoms with Gasteiger partial charge in [-0.2, -0.15) is 0 Å². The number of rotatable bonds is 4. The Morgan fingerprint density at radius 3 is 2.57 bits per heavy atom. The van der Waals surface area contributed by atoms with E-state index in [9.17, 15) is 9.59 Å². The van der Waals surface area contributed by atoms with Crippen molar-refractivity contribution in [2.75, 3.05) is 10.6 Å². The van der Waals surface area contributed by atoms with Crippen LogP contribution in [0, 0.1) is 0 Å². The molecule has 1 aromatic carbocycles. The normalized spacial score (nSPS) is 10.0. The molecule has 2 rings (SSSR count). The summed E-state index contributed by atoms with van der Waals surface area (Å²) in [6.45, 7) is 1.42. The minimum Gasteiger partial charge on any atom is -0.476 e. The summed E-state index contributed by atoms with van der Waals surface area (Å²) >= 11 is 5.76. The van der Waals surface area contributed by atoms with Crippen molar-refractivity contribution in [2.24, 2.45) is 0 Å². The standard InChI is InChI=1S/C14H12ClN3O3/c1-8(19)16-9-3-2-4-10(7-9)17-12-6-5-11(15)13(18-12)14(20)21/h2-7H,1H3,(H,16,19)(H,17,18)(H,20,21). The van der Waals surface area contributed by atoms with Crippen LogP contribution < -0.4 is 10.6 Å². The first-order valence-electron chi connectivity index (χ1n) is 6.00. The van der Waals surface area contributed by atoms with E-state index in [-0.39, 0.29) is 16.6 Å². The Morgan fingerprint density at radius 1 is 1.19 bits per heavy atom. The van der Waals surface area contributed by atoms with Crippen molar-refractivity contribution in [2.45, 2.75) is 6.92 Å². The molecule has 1 aromatic heterocycles. The number of halogens is 1. The lowest BCUT2D eigenvalue weighted by atomic mass is 10.2. The molecule has 0 aliphatic rings. The number of carboxylic acids is 1. The topological polar surface area (TPSA) is 91.3 Å². The van der Waals surface area contributed by atoms with Crippen molar-refractivity contribution in [3.05, 3.63) is 47.1 Å². The maximum atomic E-state index is 11.0. The van der Waals surface area contributed by atoms with E-state index < -0.39 is 5.97 Å². The molecule has 2 aromatic rings. The smallest absolute Gasteiger partial charge is 0.356 e. The Labute approximate surface area is 125 Å². The van der Waals surface area contributed by atoms with Gasteiger partial charge in [-0.05, 0) is 30.3 Å². The van der Waals surface area contributed by atoms with Gasteiger partial charge in [-0.3, -0.25) is 4.79 Å². The van der Waals surface area contributed by atoms with Crippen LogP contribution >= 0.6 is 11.6 Å². The molecule has 6 nitrogen and oxygen atoms in total. The molecule has 0 saturated carbocycles. The lowest BCUT2D eigenvalue weighted by Crippen LogP contribution is -2.06. The van der Waals surface area contributed by atoms with Crippen molar-refractivity contribution in [1.29, 1.82) is 0 Å². The second kappa shape index (κ2) is 6.23. The van der Waals surface area contributed by atoms with Gasteiger partial charge in [0.25, 0.3) is 0 Å². The van der Waals surface area contributed by atoms with Gasteiger partial charge in [0.15, 0.2) is 5.69 Å². The minimum atomic E-state index is -1.20. The molecule has 0 radical (unpaired) electrons. The number of hydrogen-bond donors (Lipinski definition) is 3. The number of anilines is 3. The summed E-state index contributed by atoms with van der Waals surface area (Å²) in [4.78, 5) is 25.9. The first-order valence-corrected chi connectivity index (χ1v) is 6.38. The van der Waals surface area contributed by atoms with Gasteiger partial charge >= 0.3 is 5.97 Å². The number of amides is 1. The SMILES string of the molecule is CC(=O)Nc1cccc(Nc2ccc(Cl)c(C(=O)O)n2)c1. The zero-order valence-electron chi connectivity index (χ0n) is 11.1. The van der Waals surface area contributed by atoms with Crippen molar-refractivity contribution in [3.63, 3.8) is 0 Å². The lowest BCUT2D eigenvalue weighted by molar-refractivity contribution is -0.114. The molecule has 7 heteroatoms. The molecule has 0 unspecified atom stereocenters. The lowest BCUT2D eigenvalue weighted by Gasteiger charge is -2.09. The van der Waals surface area contributed by atoms with Crippen molar-refractivity contribution in [1.82, 2.24) is 4.98 Å². The summed E-state index contributed by atoms with van der Waals surface area (Å²) in [6, 6.07) is 9.99. The van der Waals surface area contributed by atoms with E-state index in [1.165, 1.54) is 13.0 Å². The van der Waals surface area contributed by atoms with Gasteiger partial charge in [0.2, 0.25) is 5.91 Å². The number of carbonyl (C=O) groups excluding carboxylic acids is 1. The molecule has 21 heavy (non-hydrogen) atoms. The Bertz CT molecular complexity index is 704. The number of carbonyl (C=O) groups is 2. The Morgan fingerprint density at radius 2 is 1.90 bits per heavy atom. The van der Waals surface area contributed by atoms with Crippen LogP contribution in [0.25, 0.3) is 0 Å². The van der Waals surface area contributed by atoms with Gasteiger partial charge in [0.05, 0.1) is 5.02 Å². The number of nitrogens with one attached hydrogen (secondary N) is 2. The predicted molar refractivity (Wildman–Crippen MR) is 80.2 cm³/mol. The third kappa shape index (κ3) is 3.93. The van der Waals surface area contributed by atoms with Crippen LogP contribution in [-0.4, -0.2) is 22.0 Å². The Hall–Kier alpha value is -2.60. The highest BCUT2D eigenvalue weighted by atomic mass is 35.5. The zero-order chi connectivity index (χ0) is 15.4. The summed E-state index contributed by atoms with van der Waals surface area (Å²) in [6.07, 6.45) is 0. The molecule has 0 bridgehead atoms. The second-order valence-corrected chi connectivity index (χ2v) is 4.63. The van der Waals surface area contributed by atoms with Crippen LogP contribution in [0.5, 0.6) is 0 Å². The molecule has 1 amide bonds. The number of aromatic nitrogens is 1. The van der Waals surface area contributed by atoms with E-state index in [0.29, 0.717) is 17.2 Å². The first-order chi connectivity index (χ1) is 9.95. The largest absolute Gasteiger partial charge is 0.476 e. The van der Waals surface area contributed by atoms with Crippen LogP contribution in [0.15, 0.2) is 36.4 Å². The monoisotopic (exact) mass is 305 g/mol. The van der Waals surface area contributed by atoms with E-state index in [1.807, 2.05) is 0 Å². The van der Waals surface area contributed by atoms with E-state index in [2.05, 4.69) is 15.6 Å². The zero-order valence-corrected chi connectivity index (χ0v) is 11.8. The van der Waals surface area contributed by atoms with E-state index >= 15 is 0 Å². The van der Waals surface area contributed by atoms with Gasteiger partial charge < -0.3 is 15.7 Å². The highest BCUT2D eigenvalue weighted by molar-refractivity contribution is 6.33. The van der Waals surface area contributed by atoms with Gasteiger partial charge in [-0.15, -0.1) is 0 Å². The average Bonchev–Trinajstić information content (AvgIpc) is 2.40. The Kier molecular flexibility index (Phi) is 4.39. The summed E-state index contributed by atoms with van der Waals surface area (Å²) in [5.41, 5.74) is 1.06. The summed E-state index contributed by atoms with van der Waals surface area (Å²) in [7, 11) is 0. The van der Waals surface area contributed by atoms with E-state index in [1.54, 1.807) is 30.3 Å². The highest BCUT2D eigenvalue weighted by Gasteiger charge is 2.11. The van der Waals surface area contributed by atoms with E-state index in [0.717, 1.165) is 0 Å². The molecule has 0 atom stereocenters. The number of benzene rings is 1. The van der Waals surface area contributed by atoms with Gasteiger partial charge in [-0.1, -0.05) is 17.7 Å². The molecular weight excluding hydrogens is 294 g/mol. The molecule has 108 valence electrons. The van der Waals surface area contributed by atoms with Crippen LogP contribution in [0.3, 0.4) is 0 Å². The molecule has 3 N–H and O–H groups in total. The fourth-order valence-corrected chi connectivity index (χ4v) is 1.87. The summed E-state index contributed by atoms with van der Waals surface area (Å²) < 4.78 is 0. The number of aromatic carboxylic acids is 1. The molecule has 1 heterocycles. The molecule has 0 saturated heterocycles. The molecule has 0 spiro atoms. The highest BCUT2D eigenvalue weighted by Crippen LogP contribution is 2.22. The number of pyridine rings is 1. The fraction of sp³-hybridized carbons (Fsp3) is 0.0714.